The van der Waals surface area contributed by atoms with Crippen LogP contribution in [0.3, 0.4) is 0 Å². The van der Waals surface area contributed by atoms with Gasteiger partial charge < -0.3 is 20.5 Å². The smallest absolute Gasteiger partial charge is 0.248 e. The number of nitrogens with zero attached hydrogens (tertiary/aromatic N) is 1. The number of nitrogens with two attached hydrogens (primary N) is 1. The van der Waals surface area contributed by atoms with Crippen molar-refractivity contribution in [2.45, 2.75) is 6.42 Å². The third-order valence-corrected chi connectivity index (χ3v) is 3.51. The standard InChI is InChI=1S/C20H19N3O4/c1-26-18-12-14(4-8-17(18)27-11-10-21)5-9-20(25)23-16-6-2-15(3-7-16)13-19(22)24/h2-9,12H,11,13H2,1H3,(H2,22,24)(H,23,25)/b9-5+. The number of rotatable bonds is 8. The highest BCUT2D eigenvalue weighted by molar-refractivity contribution is 6.02. The average Bonchev–Trinajstić information content (AvgIpc) is 2.66. The number of amides is 2. The third kappa shape index (κ3) is 6.21. The van der Waals surface area contributed by atoms with E-state index in [1.54, 1.807) is 48.5 Å². The lowest BCUT2D eigenvalue weighted by Crippen LogP contribution is -2.13. The van der Waals surface area contributed by atoms with E-state index >= 15 is 0 Å². The van der Waals surface area contributed by atoms with E-state index in [0.29, 0.717) is 17.2 Å². The molecule has 2 aromatic rings. The largest absolute Gasteiger partial charge is 0.493 e. The van der Waals surface area contributed by atoms with Crippen LogP contribution >= 0.6 is 0 Å². The highest BCUT2D eigenvalue weighted by Crippen LogP contribution is 2.28. The fraction of sp³-hybridized carbons (Fsp3) is 0.150. The first-order valence-electron chi connectivity index (χ1n) is 8.06. The predicted molar refractivity (Wildman–Crippen MR) is 101 cm³/mol. The molecule has 2 amide bonds. The molecule has 2 rings (SSSR count). The average molecular weight is 365 g/mol. The maximum Gasteiger partial charge on any atom is 0.248 e. The van der Waals surface area contributed by atoms with Crippen molar-refractivity contribution in [3.63, 3.8) is 0 Å². The molecule has 0 aromatic heterocycles. The Labute approximate surface area is 157 Å². The number of nitrogens with one attached hydrogen (secondary N) is 1. The molecule has 0 radical (unpaired) electrons. The molecule has 2 aromatic carbocycles. The second-order valence-electron chi connectivity index (χ2n) is 5.52. The molecule has 0 unspecified atom stereocenters. The summed E-state index contributed by atoms with van der Waals surface area (Å²) in [7, 11) is 1.50. The third-order valence-electron chi connectivity index (χ3n) is 3.51. The second kappa shape index (κ2) is 9.63. The molecule has 27 heavy (non-hydrogen) atoms. The van der Waals surface area contributed by atoms with Crippen LogP contribution in [0.5, 0.6) is 11.5 Å². The Balaban J connectivity index is 1.99. The van der Waals surface area contributed by atoms with E-state index < -0.39 is 5.91 Å². The molecule has 0 fully saturated rings. The molecule has 0 aliphatic carbocycles. The van der Waals surface area contributed by atoms with Crippen LogP contribution in [0.4, 0.5) is 5.69 Å². The maximum absolute atomic E-state index is 12.0. The molecule has 0 saturated carbocycles. The van der Waals surface area contributed by atoms with Crippen LogP contribution in [0.15, 0.2) is 48.5 Å². The summed E-state index contributed by atoms with van der Waals surface area (Å²) in [4.78, 5) is 22.9. The fourth-order valence-electron chi connectivity index (χ4n) is 2.28. The Kier molecular flexibility index (Phi) is 6.97. The Morgan fingerprint density at radius 2 is 1.93 bits per heavy atom. The monoisotopic (exact) mass is 365 g/mol. The van der Waals surface area contributed by atoms with Gasteiger partial charge in [-0.2, -0.15) is 5.26 Å². The van der Waals surface area contributed by atoms with E-state index in [2.05, 4.69) is 5.32 Å². The van der Waals surface area contributed by atoms with E-state index in [1.165, 1.54) is 13.2 Å². The minimum absolute atomic E-state index is 0.0772. The molecule has 0 atom stereocenters. The van der Waals surface area contributed by atoms with Gasteiger partial charge >= 0.3 is 0 Å². The Bertz CT molecular complexity index is 883. The van der Waals surface area contributed by atoms with Gasteiger partial charge in [0.05, 0.1) is 13.5 Å². The molecular formula is C20H19N3O4. The minimum atomic E-state index is -0.408. The molecule has 138 valence electrons. The van der Waals surface area contributed by atoms with Crippen LogP contribution in [0.2, 0.25) is 0 Å². The number of carbonyl (C=O) groups is 2. The highest BCUT2D eigenvalue weighted by atomic mass is 16.5. The van der Waals surface area contributed by atoms with Crippen molar-refractivity contribution in [1.29, 1.82) is 5.26 Å². The Hall–Kier alpha value is -3.79. The van der Waals surface area contributed by atoms with Gasteiger partial charge in [-0.1, -0.05) is 18.2 Å². The van der Waals surface area contributed by atoms with Crippen molar-refractivity contribution >= 4 is 23.6 Å². The van der Waals surface area contributed by atoms with Crippen molar-refractivity contribution in [3.05, 3.63) is 59.7 Å². The zero-order valence-electron chi connectivity index (χ0n) is 14.8. The summed E-state index contributed by atoms with van der Waals surface area (Å²) in [6.45, 7) is -0.0772. The molecule has 3 N–H and O–H groups in total. The molecule has 0 aliphatic heterocycles. The first kappa shape index (κ1) is 19.5. The van der Waals surface area contributed by atoms with Crippen LogP contribution in [-0.4, -0.2) is 25.5 Å². The van der Waals surface area contributed by atoms with Crippen molar-refractivity contribution < 1.29 is 19.1 Å². The Morgan fingerprint density at radius 3 is 2.56 bits per heavy atom. The molecule has 0 saturated heterocycles. The van der Waals surface area contributed by atoms with Gasteiger partial charge in [-0.05, 0) is 41.5 Å². The van der Waals surface area contributed by atoms with Gasteiger partial charge in [0, 0.05) is 11.8 Å². The SMILES string of the molecule is COc1cc(/C=C/C(=O)Nc2ccc(CC(N)=O)cc2)ccc1OCC#N. The zero-order chi connectivity index (χ0) is 19.6. The van der Waals surface area contributed by atoms with E-state index in [4.69, 9.17) is 20.5 Å². The molecule has 7 heteroatoms. The molecule has 0 heterocycles. The summed E-state index contributed by atoms with van der Waals surface area (Å²) in [6, 6.07) is 13.9. The van der Waals surface area contributed by atoms with Gasteiger partial charge in [0.2, 0.25) is 11.8 Å². The summed E-state index contributed by atoms with van der Waals surface area (Å²) in [5.74, 6) is 0.213. The summed E-state index contributed by atoms with van der Waals surface area (Å²) in [5.41, 5.74) is 7.27. The summed E-state index contributed by atoms with van der Waals surface area (Å²) >= 11 is 0. The second-order valence-corrected chi connectivity index (χ2v) is 5.52. The molecule has 7 nitrogen and oxygen atoms in total. The van der Waals surface area contributed by atoms with Gasteiger partial charge in [0.1, 0.15) is 6.07 Å². The first-order valence-corrected chi connectivity index (χ1v) is 8.06. The number of primary amides is 1. The lowest BCUT2D eigenvalue weighted by molar-refractivity contribution is -0.117. The predicted octanol–water partition coefficient (Wildman–Crippen LogP) is 2.28. The number of carbonyl (C=O) groups excluding carboxylic acids is 2. The normalized spacial score (nSPS) is 10.2. The lowest BCUT2D eigenvalue weighted by Gasteiger charge is -2.08. The van der Waals surface area contributed by atoms with Crippen molar-refractivity contribution in [1.82, 2.24) is 0 Å². The zero-order valence-corrected chi connectivity index (χ0v) is 14.8. The quantitative estimate of drug-likeness (QED) is 0.697. The molecule has 0 spiro atoms. The van der Waals surface area contributed by atoms with Gasteiger partial charge in [-0.25, -0.2) is 0 Å². The number of benzene rings is 2. The van der Waals surface area contributed by atoms with Crippen molar-refractivity contribution in [2.24, 2.45) is 5.73 Å². The number of ether oxygens (including phenoxy) is 2. The summed E-state index contributed by atoms with van der Waals surface area (Å²) in [5, 5.41) is 11.3. The van der Waals surface area contributed by atoms with E-state index in [1.807, 2.05) is 6.07 Å². The number of nitriles is 1. The lowest BCUT2D eigenvalue weighted by atomic mass is 10.1. The van der Waals surface area contributed by atoms with E-state index in [9.17, 15) is 9.59 Å². The molecule has 0 bridgehead atoms. The number of anilines is 1. The van der Waals surface area contributed by atoms with Crippen LogP contribution in [0.1, 0.15) is 11.1 Å². The Morgan fingerprint density at radius 1 is 1.19 bits per heavy atom. The topological polar surface area (TPSA) is 114 Å². The van der Waals surface area contributed by atoms with Crippen molar-refractivity contribution in [3.8, 4) is 17.6 Å². The van der Waals surface area contributed by atoms with Crippen molar-refractivity contribution in [2.75, 3.05) is 19.0 Å². The maximum atomic E-state index is 12.0. The molecular weight excluding hydrogens is 346 g/mol. The van der Waals surface area contributed by atoms with E-state index in [-0.39, 0.29) is 18.9 Å². The number of methoxy groups -OCH3 is 1. The van der Waals surface area contributed by atoms with Crippen LogP contribution in [-0.2, 0) is 16.0 Å². The van der Waals surface area contributed by atoms with Gasteiger partial charge in [-0.15, -0.1) is 0 Å². The van der Waals surface area contributed by atoms with Crippen LogP contribution in [0.25, 0.3) is 6.08 Å². The molecule has 0 aliphatic rings. The first-order chi connectivity index (χ1) is 13.0. The number of hydrogen-bond donors (Lipinski definition) is 2. The van der Waals surface area contributed by atoms with Crippen LogP contribution < -0.4 is 20.5 Å². The fourth-order valence-corrected chi connectivity index (χ4v) is 2.28. The van der Waals surface area contributed by atoms with Gasteiger partial charge in [-0.3, -0.25) is 9.59 Å². The number of hydrogen-bond acceptors (Lipinski definition) is 5. The van der Waals surface area contributed by atoms with Gasteiger partial charge in [0.15, 0.2) is 18.1 Å². The van der Waals surface area contributed by atoms with E-state index in [0.717, 1.165) is 11.1 Å². The minimum Gasteiger partial charge on any atom is -0.493 e. The highest BCUT2D eigenvalue weighted by Gasteiger charge is 2.05. The van der Waals surface area contributed by atoms with Gasteiger partial charge in [0.25, 0.3) is 0 Å². The summed E-state index contributed by atoms with van der Waals surface area (Å²) in [6.07, 6.45) is 3.18. The van der Waals surface area contributed by atoms with Crippen LogP contribution in [0, 0.1) is 11.3 Å². The summed E-state index contributed by atoms with van der Waals surface area (Å²) < 4.78 is 10.5.